The van der Waals surface area contributed by atoms with Crippen molar-refractivity contribution in [2.24, 2.45) is 0 Å². The summed E-state index contributed by atoms with van der Waals surface area (Å²) in [5, 5.41) is 3.66. The summed E-state index contributed by atoms with van der Waals surface area (Å²) in [6.07, 6.45) is 4.89. The Hall–Kier alpha value is -0.130. The Morgan fingerprint density at radius 3 is 2.05 bits per heavy atom. The van der Waals surface area contributed by atoms with E-state index in [4.69, 9.17) is 0 Å². The predicted molar refractivity (Wildman–Crippen MR) is 92.6 cm³/mol. The highest BCUT2D eigenvalue weighted by Crippen LogP contribution is 2.28. The predicted octanol–water partition coefficient (Wildman–Crippen LogP) is 2.69. The van der Waals surface area contributed by atoms with Crippen LogP contribution >= 0.6 is 0 Å². The van der Waals surface area contributed by atoms with Gasteiger partial charge in [0.1, 0.15) is 9.84 Å². The molecule has 0 aliphatic rings. The summed E-state index contributed by atoms with van der Waals surface area (Å²) >= 11 is 0. The van der Waals surface area contributed by atoms with Crippen LogP contribution in [0.5, 0.6) is 0 Å². The van der Waals surface area contributed by atoms with E-state index >= 15 is 0 Å². The van der Waals surface area contributed by atoms with E-state index in [2.05, 4.69) is 45.1 Å². The summed E-state index contributed by atoms with van der Waals surface area (Å²) < 4.78 is 23.4. The Morgan fingerprint density at radius 2 is 1.67 bits per heavy atom. The van der Waals surface area contributed by atoms with Crippen molar-refractivity contribution in [2.45, 2.75) is 71.4 Å². The molecule has 1 unspecified atom stereocenters. The van der Waals surface area contributed by atoms with Gasteiger partial charge in [-0.2, -0.15) is 0 Å². The molecule has 1 atom stereocenters. The zero-order chi connectivity index (χ0) is 16.5. The fraction of sp³-hybridized carbons (Fsp3) is 1.00. The van der Waals surface area contributed by atoms with Gasteiger partial charge in [0.2, 0.25) is 0 Å². The van der Waals surface area contributed by atoms with Gasteiger partial charge in [0.05, 0.1) is 5.75 Å². The van der Waals surface area contributed by atoms with E-state index in [-0.39, 0.29) is 11.3 Å². The van der Waals surface area contributed by atoms with Gasteiger partial charge in [0, 0.05) is 17.3 Å². The van der Waals surface area contributed by atoms with E-state index in [1.165, 1.54) is 0 Å². The lowest BCUT2D eigenvalue weighted by atomic mass is 9.81. The van der Waals surface area contributed by atoms with E-state index in [1.54, 1.807) is 6.92 Å². The first-order chi connectivity index (χ1) is 9.79. The lowest BCUT2D eigenvalue weighted by molar-refractivity contribution is 0.0838. The van der Waals surface area contributed by atoms with Crippen LogP contribution in [0.1, 0.15) is 59.8 Å². The van der Waals surface area contributed by atoms with Crippen molar-refractivity contribution in [3.8, 4) is 0 Å². The van der Waals surface area contributed by atoms with Crippen LogP contribution < -0.4 is 5.32 Å². The molecule has 1 N–H and O–H groups in total. The van der Waals surface area contributed by atoms with Crippen LogP contribution in [0, 0.1) is 0 Å². The fourth-order valence-corrected chi connectivity index (χ4v) is 4.11. The second-order valence-electron chi connectivity index (χ2n) is 6.09. The normalized spacial score (nSPS) is 14.6. The van der Waals surface area contributed by atoms with Crippen molar-refractivity contribution in [2.75, 3.05) is 32.1 Å². The highest BCUT2D eigenvalue weighted by molar-refractivity contribution is 7.91. The molecule has 0 fully saturated rings. The number of nitrogens with one attached hydrogen (secondary N) is 1. The van der Waals surface area contributed by atoms with Gasteiger partial charge in [-0.15, -0.1) is 0 Å². The third-order valence-electron chi connectivity index (χ3n) is 4.79. The molecule has 0 aliphatic heterocycles. The maximum atomic E-state index is 11.7. The zero-order valence-electron chi connectivity index (χ0n) is 14.9. The highest BCUT2D eigenvalue weighted by atomic mass is 32.2. The van der Waals surface area contributed by atoms with Gasteiger partial charge in [-0.25, -0.2) is 8.42 Å². The molecule has 0 spiro atoms. The van der Waals surface area contributed by atoms with Crippen molar-refractivity contribution < 1.29 is 8.42 Å². The Morgan fingerprint density at radius 1 is 1.10 bits per heavy atom. The molecule has 128 valence electrons. The van der Waals surface area contributed by atoms with E-state index in [9.17, 15) is 8.42 Å². The highest BCUT2D eigenvalue weighted by Gasteiger charge is 2.37. The van der Waals surface area contributed by atoms with Gasteiger partial charge in [-0.3, -0.25) is 0 Å². The standard InChI is InChI=1S/C16H36N2O2S/c1-7-13-17-15(12-11-14-21(19,20)10-4)16(8-2,9-3)18(5)6/h15,17H,7-14H2,1-6H3. The molecule has 0 aromatic heterocycles. The topological polar surface area (TPSA) is 49.4 Å². The number of hydrogen-bond acceptors (Lipinski definition) is 4. The minimum atomic E-state index is -2.86. The third-order valence-corrected chi connectivity index (χ3v) is 6.58. The third kappa shape index (κ3) is 6.25. The van der Waals surface area contributed by atoms with E-state index < -0.39 is 9.84 Å². The quantitative estimate of drug-likeness (QED) is 0.601. The summed E-state index contributed by atoms with van der Waals surface area (Å²) in [6, 6.07) is 0.342. The average molecular weight is 321 g/mol. The molecule has 0 radical (unpaired) electrons. The largest absolute Gasteiger partial charge is 0.312 e. The molecular weight excluding hydrogens is 284 g/mol. The van der Waals surface area contributed by atoms with Gasteiger partial charge in [-0.05, 0) is 52.7 Å². The van der Waals surface area contributed by atoms with Crippen LogP contribution in [-0.4, -0.2) is 57.0 Å². The van der Waals surface area contributed by atoms with Crippen molar-refractivity contribution in [3.05, 3.63) is 0 Å². The smallest absolute Gasteiger partial charge is 0.150 e. The molecule has 0 saturated heterocycles. The van der Waals surface area contributed by atoms with Crippen LogP contribution in [0.25, 0.3) is 0 Å². The van der Waals surface area contributed by atoms with Crippen molar-refractivity contribution in [1.29, 1.82) is 0 Å². The van der Waals surface area contributed by atoms with Crippen molar-refractivity contribution >= 4 is 9.84 Å². The molecular formula is C16H36N2O2S. The first-order valence-corrected chi connectivity index (χ1v) is 10.2. The summed E-state index contributed by atoms with van der Waals surface area (Å²) in [4.78, 5) is 2.31. The van der Waals surface area contributed by atoms with E-state index in [0.717, 1.165) is 38.6 Å². The van der Waals surface area contributed by atoms with Crippen LogP contribution in [-0.2, 0) is 9.84 Å². The molecule has 0 heterocycles. The maximum absolute atomic E-state index is 11.7. The number of likely N-dealkylation sites (N-methyl/N-ethyl adjacent to an activating group) is 1. The fourth-order valence-electron chi connectivity index (χ4n) is 3.22. The molecule has 21 heavy (non-hydrogen) atoms. The van der Waals surface area contributed by atoms with E-state index in [0.29, 0.717) is 11.8 Å². The van der Waals surface area contributed by atoms with E-state index in [1.807, 2.05) is 0 Å². The van der Waals surface area contributed by atoms with Gasteiger partial charge < -0.3 is 10.2 Å². The lowest BCUT2D eigenvalue weighted by Gasteiger charge is -2.46. The zero-order valence-corrected chi connectivity index (χ0v) is 15.7. The molecule has 0 aromatic carbocycles. The van der Waals surface area contributed by atoms with Crippen LogP contribution in [0.15, 0.2) is 0 Å². The SMILES string of the molecule is CCCNC(CCCS(=O)(=O)CC)C(CC)(CC)N(C)C. The van der Waals surface area contributed by atoms with Crippen LogP contribution in [0.4, 0.5) is 0 Å². The second kappa shape index (κ2) is 9.80. The molecule has 4 nitrogen and oxygen atoms in total. The summed E-state index contributed by atoms with van der Waals surface area (Å²) in [5.41, 5.74) is 0.102. The van der Waals surface area contributed by atoms with Gasteiger partial charge in [0.15, 0.2) is 0 Å². The summed E-state index contributed by atoms with van der Waals surface area (Å²) in [6.45, 7) is 9.34. The molecule has 5 heteroatoms. The minimum Gasteiger partial charge on any atom is -0.312 e. The number of nitrogens with zero attached hydrogens (tertiary/aromatic N) is 1. The first kappa shape index (κ1) is 20.9. The average Bonchev–Trinajstić information content (AvgIpc) is 2.45. The minimum absolute atomic E-state index is 0.102. The lowest BCUT2D eigenvalue weighted by Crippen LogP contribution is -2.58. The van der Waals surface area contributed by atoms with Gasteiger partial charge in [0.25, 0.3) is 0 Å². The molecule has 0 aromatic rings. The molecule has 0 saturated carbocycles. The molecule has 0 bridgehead atoms. The number of hydrogen-bond donors (Lipinski definition) is 1. The van der Waals surface area contributed by atoms with Crippen molar-refractivity contribution in [3.63, 3.8) is 0 Å². The Labute approximate surface area is 132 Å². The first-order valence-electron chi connectivity index (χ1n) is 8.40. The van der Waals surface area contributed by atoms with Gasteiger partial charge in [-0.1, -0.05) is 27.7 Å². The Bertz CT molecular complexity index is 362. The molecule has 0 rings (SSSR count). The maximum Gasteiger partial charge on any atom is 0.150 e. The monoisotopic (exact) mass is 320 g/mol. The van der Waals surface area contributed by atoms with Crippen LogP contribution in [0.2, 0.25) is 0 Å². The second-order valence-corrected chi connectivity index (χ2v) is 8.56. The van der Waals surface area contributed by atoms with Gasteiger partial charge >= 0.3 is 0 Å². The molecule has 0 aliphatic carbocycles. The number of sulfone groups is 1. The van der Waals surface area contributed by atoms with Crippen LogP contribution in [0.3, 0.4) is 0 Å². The summed E-state index contributed by atoms with van der Waals surface area (Å²) in [5.74, 6) is 0.561. The summed E-state index contributed by atoms with van der Waals surface area (Å²) in [7, 11) is 1.41. The Balaban J connectivity index is 4.92. The van der Waals surface area contributed by atoms with Crippen molar-refractivity contribution in [1.82, 2.24) is 10.2 Å². The Kier molecular flexibility index (Phi) is 9.74. The number of rotatable bonds is 12. The molecule has 0 amide bonds.